The second kappa shape index (κ2) is 9.91. The molecule has 1 aromatic heterocycles. The molecule has 4 aromatic rings. The number of amides is 1. The van der Waals surface area contributed by atoms with E-state index in [1.165, 1.54) is 11.1 Å². The Bertz CT molecular complexity index is 1670. The number of anilines is 1. The molecular weight excluding hydrogens is 514 g/mol. The molecule has 2 saturated carbocycles. The highest BCUT2D eigenvalue weighted by molar-refractivity contribution is 5.99. The second-order valence-electron chi connectivity index (χ2n) is 11.8. The number of nitrogens with zero attached hydrogens (tertiary/aromatic N) is 3. The molecule has 4 atom stereocenters. The summed E-state index contributed by atoms with van der Waals surface area (Å²) in [6, 6.07) is 19.3. The van der Waals surface area contributed by atoms with Crippen molar-refractivity contribution in [2.75, 3.05) is 18.1 Å². The molecule has 0 spiro atoms. The second-order valence-corrected chi connectivity index (χ2v) is 11.8. The molecule has 2 aliphatic carbocycles. The van der Waals surface area contributed by atoms with Gasteiger partial charge in [0.05, 0.1) is 24.9 Å². The maximum Gasteiger partial charge on any atom is 0.335 e. The monoisotopic (exact) mass is 547 g/mol. The number of aromatic carboxylic acids is 1. The number of carboxylic acids is 1. The largest absolute Gasteiger partial charge is 0.493 e. The standard InChI is InChI=1S/C34H33N3O4/c1-20-6-3-11-31(21(20)2)41-19-25-14-29(25)33(38)37-18-24-13-28(24)32-27(9-5-10-30(32)37)26-15-35-36(17-26)16-22-7-4-8-23(12-22)34(39)40/h3-12,15,17,24-25,28-29H,13-14,16,18-19H2,1-2H3,(H,39,40)/t24-,25?,28-,29?/m0/s1. The van der Waals surface area contributed by atoms with E-state index in [0.29, 0.717) is 25.0 Å². The number of carbonyl (C=O) groups is 2. The lowest BCUT2D eigenvalue weighted by Gasteiger charge is -2.31. The molecule has 208 valence electrons. The van der Waals surface area contributed by atoms with E-state index in [1.54, 1.807) is 18.2 Å². The van der Waals surface area contributed by atoms with Crippen LogP contribution in [0.3, 0.4) is 0 Å². The van der Waals surface area contributed by atoms with Gasteiger partial charge in [-0.25, -0.2) is 4.79 Å². The highest BCUT2D eigenvalue weighted by Gasteiger charge is 2.52. The molecule has 2 fully saturated rings. The minimum atomic E-state index is -0.937. The van der Waals surface area contributed by atoms with Crippen LogP contribution in [-0.2, 0) is 11.3 Å². The summed E-state index contributed by atoms with van der Waals surface area (Å²) in [5.74, 6) is 1.44. The minimum absolute atomic E-state index is 0.0104. The fraction of sp³-hybridized carbons (Fsp3) is 0.324. The van der Waals surface area contributed by atoms with Crippen molar-refractivity contribution in [3.8, 4) is 16.9 Å². The third-order valence-corrected chi connectivity index (χ3v) is 9.06. The Balaban J connectivity index is 1.08. The Morgan fingerprint density at radius 2 is 1.88 bits per heavy atom. The third-order valence-electron chi connectivity index (χ3n) is 9.06. The Morgan fingerprint density at radius 3 is 2.73 bits per heavy atom. The number of aromatic nitrogens is 2. The molecular formula is C34H33N3O4. The fourth-order valence-electron chi connectivity index (χ4n) is 6.36. The van der Waals surface area contributed by atoms with Gasteiger partial charge in [-0.1, -0.05) is 36.4 Å². The lowest BCUT2D eigenvalue weighted by atomic mass is 9.92. The van der Waals surface area contributed by atoms with Crippen LogP contribution in [0, 0.1) is 31.6 Å². The zero-order valence-electron chi connectivity index (χ0n) is 23.3. The number of benzene rings is 3. The van der Waals surface area contributed by atoms with Crippen LogP contribution in [0.15, 0.2) is 73.1 Å². The first-order valence-corrected chi connectivity index (χ1v) is 14.4. The fourth-order valence-corrected chi connectivity index (χ4v) is 6.36. The zero-order chi connectivity index (χ0) is 28.2. The van der Waals surface area contributed by atoms with E-state index >= 15 is 0 Å². The predicted molar refractivity (Wildman–Crippen MR) is 156 cm³/mol. The number of fused-ring (bicyclic) bond motifs is 3. The highest BCUT2D eigenvalue weighted by Crippen LogP contribution is 2.58. The van der Waals surface area contributed by atoms with Crippen molar-refractivity contribution in [2.24, 2.45) is 17.8 Å². The predicted octanol–water partition coefficient (Wildman–Crippen LogP) is 6.08. The lowest BCUT2D eigenvalue weighted by Crippen LogP contribution is -2.37. The molecule has 1 N–H and O–H groups in total. The van der Waals surface area contributed by atoms with E-state index in [0.717, 1.165) is 53.1 Å². The number of hydrogen-bond acceptors (Lipinski definition) is 4. The molecule has 7 heteroatoms. The van der Waals surface area contributed by atoms with E-state index in [2.05, 4.69) is 37.1 Å². The lowest BCUT2D eigenvalue weighted by molar-refractivity contribution is -0.120. The quantitative estimate of drug-likeness (QED) is 0.289. The molecule has 2 unspecified atom stereocenters. The summed E-state index contributed by atoms with van der Waals surface area (Å²) in [5, 5.41) is 13.9. The van der Waals surface area contributed by atoms with Crippen LogP contribution >= 0.6 is 0 Å². The van der Waals surface area contributed by atoms with Crippen molar-refractivity contribution >= 4 is 17.6 Å². The molecule has 2 heterocycles. The number of rotatable bonds is 8. The van der Waals surface area contributed by atoms with Gasteiger partial charge >= 0.3 is 5.97 Å². The van der Waals surface area contributed by atoms with Gasteiger partial charge in [0, 0.05) is 35.8 Å². The van der Waals surface area contributed by atoms with Crippen molar-refractivity contribution in [3.05, 3.63) is 101 Å². The first-order valence-electron chi connectivity index (χ1n) is 14.4. The summed E-state index contributed by atoms with van der Waals surface area (Å²) in [6.07, 6.45) is 5.87. The van der Waals surface area contributed by atoms with Gasteiger partial charge in [0.25, 0.3) is 0 Å². The van der Waals surface area contributed by atoms with Gasteiger partial charge < -0.3 is 14.7 Å². The maximum atomic E-state index is 13.8. The Morgan fingerprint density at radius 1 is 1.05 bits per heavy atom. The number of carboxylic acid groups (broad SMARTS) is 1. The van der Waals surface area contributed by atoms with E-state index in [9.17, 15) is 14.7 Å². The average molecular weight is 548 g/mol. The van der Waals surface area contributed by atoms with Crippen LogP contribution < -0.4 is 9.64 Å². The molecule has 7 nitrogen and oxygen atoms in total. The Labute approximate surface area is 239 Å². The summed E-state index contributed by atoms with van der Waals surface area (Å²) in [4.78, 5) is 27.2. The third kappa shape index (κ3) is 4.79. The summed E-state index contributed by atoms with van der Waals surface area (Å²) in [6.45, 7) is 6.02. The number of aryl methyl sites for hydroxylation is 1. The molecule has 1 amide bonds. The van der Waals surface area contributed by atoms with Crippen molar-refractivity contribution in [1.29, 1.82) is 0 Å². The Kier molecular flexibility index (Phi) is 6.18. The molecule has 0 saturated heterocycles. The van der Waals surface area contributed by atoms with Gasteiger partial charge in [-0.2, -0.15) is 5.10 Å². The van der Waals surface area contributed by atoms with Crippen molar-refractivity contribution in [2.45, 2.75) is 39.2 Å². The van der Waals surface area contributed by atoms with Crippen molar-refractivity contribution in [1.82, 2.24) is 9.78 Å². The first-order chi connectivity index (χ1) is 19.9. The van der Waals surface area contributed by atoms with E-state index < -0.39 is 5.97 Å². The summed E-state index contributed by atoms with van der Waals surface area (Å²) in [5.41, 5.74) is 7.96. The van der Waals surface area contributed by atoms with Crippen molar-refractivity contribution < 1.29 is 19.4 Å². The van der Waals surface area contributed by atoms with Crippen molar-refractivity contribution in [3.63, 3.8) is 0 Å². The number of hydrogen-bond donors (Lipinski definition) is 1. The van der Waals surface area contributed by atoms with Gasteiger partial charge in [-0.05, 0) is 90.6 Å². The van der Waals surface area contributed by atoms with E-state index in [1.807, 2.05) is 46.2 Å². The summed E-state index contributed by atoms with van der Waals surface area (Å²) < 4.78 is 7.98. The summed E-state index contributed by atoms with van der Waals surface area (Å²) in [7, 11) is 0. The smallest absolute Gasteiger partial charge is 0.335 e. The van der Waals surface area contributed by atoms with Crippen LogP contribution in [-0.4, -0.2) is 39.9 Å². The van der Waals surface area contributed by atoms with E-state index in [4.69, 9.17) is 4.74 Å². The number of ether oxygens (including phenoxy) is 1. The normalized spacial score (nSPS) is 22.0. The van der Waals surface area contributed by atoms with Gasteiger partial charge in [0.15, 0.2) is 0 Å². The molecule has 0 radical (unpaired) electrons. The minimum Gasteiger partial charge on any atom is -0.493 e. The Hall–Kier alpha value is -4.39. The highest BCUT2D eigenvalue weighted by atomic mass is 16.5. The molecule has 1 aliphatic heterocycles. The molecule has 3 aliphatic rings. The number of carbonyl (C=O) groups excluding carboxylic acids is 1. The van der Waals surface area contributed by atoms with Gasteiger partial charge in [0.1, 0.15) is 5.75 Å². The molecule has 0 bridgehead atoms. The van der Waals surface area contributed by atoms with Gasteiger partial charge in [-0.15, -0.1) is 0 Å². The van der Waals surface area contributed by atoms with Crippen LogP contribution in [0.2, 0.25) is 0 Å². The SMILES string of the molecule is Cc1cccc(OCC2CC2C(=O)N2C[C@@H]3C[C@@H]3c3c(-c4cnn(Cc5cccc(C(=O)O)c5)c4)cccc32)c1C. The molecule has 41 heavy (non-hydrogen) atoms. The van der Waals surface area contributed by atoms with Gasteiger partial charge in [-0.3, -0.25) is 9.48 Å². The van der Waals surface area contributed by atoms with E-state index in [-0.39, 0.29) is 23.3 Å². The first kappa shape index (κ1) is 25.6. The maximum absolute atomic E-state index is 13.8. The van der Waals surface area contributed by atoms with Crippen LogP contribution in [0.4, 0.5) is 5.69 Å². The van der Waals surface area contributed by atoms with Crippen LogP contribution in [0.25, 0.3) is 11.1 Å². The molecule has 3 aromatic carbocycles. The topological polar surface area (TPSA) is 84.7 Å². The van der Waals surface area contributed by atoms with Crippen LogP contribution in [0.1, 0.15) is 51.4 Å². The van der Waals surface area contributed by atoms with Gasteiger partial charge in [0.2, 0.25) is 5.91 Å². The average Bonchev–Trinajstić information content (AvgIpc) is 3.89. The van der Waals surface area contributed by atoms with Crippen LogP contribution in [0.5, 0.6) is 5.75 Å². The summed E-state index contributed by atoms with van der Waals surface area (Å²) >= 11 is 0. The zero-order valence-corrected chi connectivity index (χ0v) is 23.3. The molecule has 7 rings (SSSR count).